The molecule has 0 amide bonds. The Hall–Kier alpha value is -1.51. The minimum absolute atomic E-state index is 0.712. The van der Waals surface area contributed by atoms with E-state index in [9.17, 15) is 0 Å². The van der Waals surface area contributed by atoms with Crippen molar-refractivity contribution in [3.05, 3.63) is 24.0 Å². The van der Waals surface area contributed by atoms with E-state index in [4.69, 9.17) is 5.73 Å². The largest absolute Gasteiger partial charge is 0.396 e. The number of nitrogens with zero attached hydrogens (tertiary/aromatic N) is 1. The zero-order chi connectivity index (χ0) is 7.84. The second-order valence-corrected chi connectivity index (χ2v) is 2.59. The molecule has 0 fully saturated rings. The average Bonchev–Trinajstić information content (AvgIpc) is 2.33. The van der Waals surface area contributed by atoms with E-state index in [1.807, 2.05) is 19.1 Å². The normalized spacial score (nSPS) is 10.6. The Kier molecular flexibility index (Phi) is 1.12. The number of aryl methyl sites for hydroxylation is 1. The van der Waals surface area contributed by atoms with Crippen LogP contribution in [0.4, 0.5) is 5.69 Å². The minimum atomic E-state index is 0.712. The van der Waals surface area contributed by atoms with Crippen LogP contribution in [0.3, 0.4) is 0 Å². The fourth-order valence-corrected chi connectivity index (χ4v) is 1.12. The fraction of sp³-hybridized carbons (Fsp3) is 0.125. The SMILES string of the molecule is Cc1ccc2[nH]cc(N)c2n1. The zero-order valence-electron chi connectivity index (χ0n) is 6.26. The third-order valence-electron chi connectivity index (χ3n) is 1.69. The Morgan fingerprint density at radius 2 is 2.27 bits per heavy atom. The predicted molar refractivity (Wildman–Crippen MR) is 45.2 cm³/mol. The summed E-state index contributed by atoms with van der Waals surface area (Å²) in [4.78, 5) is 7.31. The first kappa shape index (κ1) is 6.22. The van der Waals surface area contributed by atoms with Gasteiger partial charge in [0.05, 0.1) is 11.2 Å². The lowest BCUT2D eigenvalue weighted by atomic mass is 10.3. The van der Waals surface area contributed by atoms with Crippen molar-refractivity contribution in [2.75, 3.05) is 5.73 Å². The highest BCUT2D eigenvalue weighted by atomic mass is 14.8. The molecule has 2 aromatic heterocycles. The molecule has 0 spiro atoms. The molecule has 0 radical (unpaired) electrons. The van der Waals surface area contributed by atoms with Gasteiger partial charge < -0.3 is 10.7 Å². The van der Waals surface area contributed by atoms with Gasteiger partial charge in [-0.1, -0.05) is 0 Å². The molecule has 3 nitrogen and oxygen atoms in total. The number of nitrogens with one attached hydrogen (secondary N) is 1. The number of hydrogen-bond donors (Lipinski definition) is 2. The Bertz CT molecular complexity index is 389. The van der Waals surface area contributed by atoms with Crippen molar-refractivity contribution in [3.8, 4) is 0 Å². The van der Waals surface area contributed by atoms with Crippen LogP contribution < -0.4 is 5.73 Å². The second-order valence-electron chi connectivity index (χ2n) is 2.59. The number of anilines is 1. The summed E-state index contributed by atoms with van der Waals surface area (Å²) < 4.78 is 0. The van der Waals surface area contributed by atoms with Gasteiger partial charge in [0.2, 0.25) is 0 Å². The third-order valence-corrected chi connectivity index (χ3v) is 1.69. The van der Waals surface area contributed by atoms with Gasteiger partial charge in [-0.05, 0) is 19.1 Å². The van der Waals surface area contributed by atoms with Crippen LogP contribution in [0.1, 0.15) is 5.69 Å². The molecule has 3 heteroatoms. The Balaban J connectivity index is 2.87. The van der Waals surface area contributed by atoms with Crippen LogP contribution in [-0.2, 0) is 0 Å². The monoisotopic (exact) mass is 147 g/mol. The lowest BCUT2D eigenvalue weighted by Crippen LogP contribution is -1.85. The lowest BCUT2D eigenvalue weighted by Gasteiger charge is -1.92. The smallest absolute Gasteiger partial charge is 0.111 e. The first-order chi connectivity index (χ1) is 5.27. The van der Waals surface area contributed by atoms with E-state index in [2.05, 4.69) is 9.97 Å². The van der Waals surface area contributed by atoms with Crippen LogP contribution >= 0.6 is 0 Å². The molecule has 3 N–H and O–H groups in total. The van der Waals surface area contributed by atoms with Crippen molar-refractivity contribution in [2.24, 2.45) is 0 Å². The first-order valence-corrected chi connectivity index (χ1v) is 3.47. The van der Waals surface area contributed by atoms with E-state index in [0.717, 1.165) is 16.7 Å². The number of aromatic nitrogens is 2. The second kappa shape index (κ2) is 1.99. The number of rotatable bonds is 0. The molecular weight excluding hydrogens is 138 g/mol. The molecule has 0 aromatic carbocycles. The van der Waals surface area contributed by atoms with Crippen molar-refractivity contribution >= 4 is 16.7 Å². The summed E-state index contributed by atoms with van der Waals surface area (Å²) in [7, 11) is 0. The standard InChI is InChI=1S/C8H9N3/c1-5-2-3-7-8(11-5)6(9)4-10-7/h2-4,10H,9H2,1H3. The van der Waals surface area contributed by atoms with Crippen molar-refractivity contribution in [3.63, 3.8) is 0 Å². The summed E-state index contributed by atoms with van der Waals surface area (Å²) in [5.74, 6) is 0. The number of aromatic amines is 1. The molecule has 0 atom stereocenters. The van der Waals surface area contributed by atoms with Gasteiger partial charge in [-0.15, -0.1) is 0 Å². The van der Waals surface area contributed by atoms with Gasteiger partial charge in [0.25, 0.3) is 0 Å². The predicted octanol–water partition coefficient (Wildman–Crippen LogP) is 1.45. The van der Waals surface area contributed by atoms with Gasteiger partial charge >= 0.3 is 0 Å². The zero-order valence-corrected chi connectivity index (χ0v) is 6.26. The molecule has 11 heavy (non-hydrogen) atoms. The van der Waals surface area contributed by atoms with Crippen molar-refractivity contribution in [1.82, 2.24) is 9.97 Å². The summed E-state index contributed by atoms with van der Waals surface area (Å²) in [6, 6.07) is 3.94. The van der Waals surface area contributed by atoms with Gasteiger partial charge in [0.15, 0.2) is 0 Å². The molecule has 0 saturated carbocycles. The fourth-order valence-electron chi connectivity index (χ4n) is 1.12. The number of nitrogens with two attached hydrogens (primary N) is 1. The van der Waals surface area contributed by atoms with E-state index in [-0.39, 0.29) is 0 Å². The molecule has 0 saturated heterocycles. The molecule has 2 aromatic rings. The van der Waals surface area contributed by atoms with Crippen LogP contribution in [0.15, 0.2) is 18.3 Å². The summed E-state index contributed by atoms with van der Waals surface area (Å²) in [6.07, 6.45) is 1.76. The van der Waals surface area contributed by atoms with Crippen LogP contribution in [0.5, 0.6) is 0 Å². The van der Waals surface area contributed by atoms with E-state index in [0.29, 0.717) is 5.69 Å². The Morgan fingerprint density at radius 1 is 1.45 bits per heavy atom. The maximum absolute atomic E-state index is 5.65. The molecule has 0 unspecified atom stereocenters. The maximum atomic E-state index is 5.65. The summed E-state index contributed by atoms with van der Waals surface area (Å²) >= 11 is 0. The molecular formula is C8H9N3. The third kappa shape index (κ3) is 0.852. The van der Waals surface area contributed by atoms with Crippen molar-refractivity contribution in [1.29, 1.82) is 0 Å². The van der Waals surface area contributed by atoms with Crippen LogP contribution in [-0.4, -0.2) is 9.97 Å². The molecule has 2 rings (SSSR count). The van der Waals surface area contributed by atoms with Crippen LogP contribution in [0.25, 0.3) is 11.0 Å². The van der Waals surface area contributed by atoms with Gasteiger partial charge in [0.1, 0.15) is 5.52 Å². The molecule has 56 valence electrons. The number of hydrogen-bond acceptors (Lipinski definition) is 2. The summed E-state index contributed by atoms with van der Waals surface area (Å²) in [5.41, 5.74) is 9.21. The summed E-state index contributed by atoms with van der Waals surface area (Å²) in [6.45, 7) is 1.95. The van der Waals surface area contributed by atoms with Gasteiger partial charge in [0, 0.05) is 11.9 Å². The van der Waals surface area contributed by atoms with Gasteiger partial charge in [-0.2, -0.15) is 0 Å². The number of pyridine rings is 1. The number of nitrogen functional groups attached to an aromatic ring is 1. The highest BCUT2D eigenvalue weighted by Crippen LogP contribution is 2.17. The van der Waals surface area contributed by atoms with E-state index >= 15 is 0 Å². The van der Waals surface area contributed by atoms with Crippen molar-refractivity contribution < 1.29 is 0 Å². The van der Waals surface area contributed by atoms with E-state index < -0.39 is 0 Å². The van der Waals surface area contributed by atoms with Gasteiger partial charge in [-0.3, -0.25) is 0 Å². The topological polar surface area (TPSA) is 54.7 Å². The molecule has 0 aliphatic carbocycles. The van der Waals surface area contributed by atoms with Gasteiger partial charge in [-0.25, -0.2) is 4.98 Å². The highest BCUT2D eigenvalue weighted by Gasteiger charge is 1.99. The summed E-state index contributed by atoms with van der Waals surface area (Å²) in [5, 5.41) is 0. The number of fused-ring (bicyclic) bond motifs is 1. The van der Waals surface area contributed by atoms with Crippen LogP contribution in [0.2, 0.25) is 0 Å². The van der Waals surface area contributed by atoms with Crippen LogP contribution in [0, 0.1) is 6.92 Å². The molecule has 0 aliphatic heterocycles. The van der Waals surface area contributed by atoms with Crippen molar-refractivity contribution in [2.45, 2.75) is 6.92 Å². The Morgan fingerprint density at radius 3 is 3.09 bits per heavy atom. The Labute approximate surface area is 64.2 Å². The van der Waals surface area contributed by atoms with E-state index in [1.165, 1.54) is 0 Å². The number of H-pyrrole nitrogens is 1. The average molecular weight is 147 g/mol. The molecule has 2 heterocycles. The maximum Gasteiger partial charge on any atom is 0.111 e. The lowest BCUT2D eigenvalue weighted by molar-refractivity contribution is 1.26. The quantitative estimate of drug-likeness (QED) is 0.592. The minimum Gasteiger partial charge on any atom is -0.396 e. The highest BCUT2D eigenvalue weighted by molar-refractivity contribution is 5.87. The molecule has 0 aliphatic rings. The first-order valence-electron chi connectivity index (χ1n) is 3.47. The molecule has 0 bridgehead atoms. The van der Waals surface area contributed by atoms with E-state index in [1.54, 1.807) is 6.20 Å².